The van der Waals surface area contributed by atoms with Crippen LogP contribution in [0.4, 0.5) is 22.0 Å². The van der Waals surface area contributed by atoms with E-state index >= 15 is 0 Å². The maximum atomic E-state index is 13.1. The SMILES string of the molecule is Cl.N[C@@H](c1c(F)ccc(Cl)c1F)C(F)(F)F. The fourth-order valence-corrected chi connectivity index (χ4v) is 1.16. The van der Waals surface area contributed by atoms with Crippen LogP contribution in [0, 0.1) is 11.6 Å². The Balaban J connectivity index is 0.00000225. The van der Waals surface area contributed by atoms with Gasteiger partial charge in [0.05, 0.1) is 10.6 Å². The molecule has 2 N–H and O–H groups in total. The molecule has 1 aromatic carbocycles. The van der Waals surface area contributed by atoms with E-state index in [2.05, 4.69) is 5.73 Å². The molecule has 16 heavy (non-hydrogen) atoms. The second-order valence-corrected chi connectivity index (χ2v) is 3.18. The summed E-state index contributed by atoms with van der Waals surface area (Å²) in [7, 11) is 0. The van der Waals surface area contributed by atoms with Gasteiger partial charge in [-0.25, -0.2) is 8.78 Å². The Kier molecular flexibility index (Phi) is 4.97. The van der Waals surface area contributed by atoms with E-state index in [-0.39, 0.29) is 12.4 Å². The molecule has 0 amide bonds. The van der Waals surface area contributed by atoms with Gasteiger partial charge in [-0.1, -0.05) is 11.6 Å². The van der Waals surface area contributed by atoms with Gasteiger partial charge < -0.3 is 5.73 Å². The predicted molar refractivity (Wildman–Crippen MR) is 51.6 cm³/mol. The van der Waals surface area contributed by atoms with Gasteiger partial charge >= 0.3 is 6.18 Å². The lowest BCUT2D eigenvalue weighted by molar-refractivity contribution is -0.150. The number of hydrogen-bond acceptors (Lipinski definition) is 1. The number of benzene rings is 1. The molecule has 0 radical (unpaired) electrons. The molecule has 1 rings (SSSR count). The van der Waals surface area contributed by atoms with Crippen molar-refractivity contribution >= 4 is 24.0 Å². The highest BCUT2D eigenvalue weighted by Crippen LogP contribution is 2.35. The molecular formula is C8H6Cl2F5N. The number of nitrogens with two attached hydrogens (primary N) is 1. The summed E-state index contributed by atoms with van der Waals surface area (Å²) in [5.74, 6) is -2.86. The fourth-order valence-electron chi connectivity index (χ4n) is 0.992. The summed E-state index contributed by atoms with van der Waals surface area (Å²) < 4.78 is 62.4. The molecule has 0 spiro atoms. The largest absolute Gasteiger partial charge is 0.407 e. The average Bonchev–Trinajstić information content (AvgIpc) is 2.10. The molecule has 1 aromatic rings. The lowest BCUT2D eigenvalue weighted by atomic mass is 10.1. The Labute approximate surface area is 98.8 Å². The maximum Gasteiger partial charge on any atom is 0.407 e. The van der Waals surface area contributed by atoms with E-state index in [1.165, 1.54) is 0 Å². The molecule has 92 valence electrons. The van der Waals surface area contributed by atoms with Crippen molar-refractivity contribution in [1.29, 1.82) is 0 Å². The Morgan fingerprint density at radius 2 is 1.69 bits per heavy atom. The Bertz CT molecular complexity index is 379. The Morgan fingerprint density at radius 1 is 1.19 bits per heavy atom. The monoisotopic (exact) mass is 281 g/mol. The van der Waals surface area contributed by atoms with Gasteiger partial charge in [0.25, 0.3) is 0 Å². The van der Waals surface area contributed by atoms with Crippen LogP contribution in [0.5, 0.6) is 0 Å². The highest BCUT2D eigenvalue weighted by molar-refractivity contribution is 6.30. The van der Waals surface area contributed by atoms with Crippen LogP contribution in [0.2, 0.25) is 5.02 Å². The Morgan fingerprint density at radius 3 is 2.12 bits per heavy atom. The molecule has 1 nitrogen and oxygen atoms in total. The van der Waals surface area contributed by atoms with Gasteiger partial charge in [0.15, 0.2) is 0 Å². The third kappa shape index (κ3) is 2.96. The zero-order valence-electron chi connectivity index (χ0n) is 7.49. The molecule has 0 unspecified atom stereocenters. The van der Waals surface area contributed by atoms with Crippen molar-refractivity contribution in [3.63, 3.8) is 0 Å². The maximum absolute atomic E-state index is 13.1. The first-order valence-corrected chi connectivity index (χ1v) is 4.08. The Hall–Kier alpha value is -0.590. The molecule has 0 saturated carbocycles. The van der Waals surface area contributed by atoms with Crippen LogP contribution in [0.15, 0.2) is 12.1 Å². The van der Waals surface area contributed by atoms with Crippen LogP contribution in [0.25, 0.3) is 0 Å². The van der Waals surface area contributed by atoms with Crippen molar-refractivity contribution < 1.29 is 22.0 Å². The number of hydrogen-bond donors (Lipinski definition) is 1. The van der Waals surface area contributed by atoms with Gasteiger partial charge in [0.1, 0.15) is 17.7 Å². The average molecular weight is 282 g/mol. The molecule has 0 aliphatic carbocycles. The van der Waals surface area contributed by atoms with Crippen molar-refractivity contribution in [3.8, 4) is 0 Å². The van der Waals surface area contributed by atoms with Crippen LogP contribution >= 0.6 is 24.0 Å². The zero-order valence-corrected chi connectivity index (χ0v) is 9.06. The summed E-state index contributed by atoms with van der Waals surface area (Å²) in [4.78, 5) is 0. The summed E-state index contributed by atoms with van der Waals surface area (Å²) in [6.07, 6.45) is -4.92. The molecular weight excluding hydrogens is 276 g/mol. The van der Waals surface area contributed by atoms with Gasteiger partial charge in [-0.05, 0) is 12.1 Å². The number of halogens is 7. The minimum absolute atomic E-state index is 0. The third-order valence-electron chi connectivity index (χ3n) is 1.74. The van der Waals surface area contributed by atoms with Gasteiger partial charge in [-0.3, -0.25) is 0 Å². The second-order valence-electron chi connectivity index (χ2n) is 2.78. The highest BCUT2D eigenvalue weighted by atomic mass is 35.5. The summed E-state index contributed by atoms with van der Waals surface area (Å²) >= 11 is 5.22. The predicted octanol–water partition coefficient (Wildman–Crippen LogP) is 3.60. The molecule has 0 saturated heterocycles. The molecule has 0 fully saturated rings. The van der Waals surface area contributed by atoms with Crippen LogP contribution in [-0.4, -0.2) is 6.18 Å². The molecule has 1 atom stereocenters. The van der Waals surface area contributed by atoms with E-state index in [0.717, 1.165) is 6.07 Å². The first-order valence-electron chi connectivity index (χ1n) is 3.71. The van der Waals surface area contributed by atoms with Gasteiger partial charge in [0, 0.05) is 0 Å². The number of rotatable bonds is 1. The molecule has 8 heteroatoms. The van der Waals surface area contributed by atoms with Crippen LogP contribution in [-0.2, 0) is 0 Å². The second kappa shape index (κ2) is 5.16. The standard InChI is InChI=1S/C8H5ClF5N.ClH/c9-3-1-2-4(10)5(6(3)11)7(15)8(12,13)14;/h1-2,7H,15H2;1H/t7-;/m0./s1. The van der Waals surface area contributed by atoms with E-state index in [1.807, 2.05) is 0 Å². The first-order chi connectivity index (χ1) is 6.75. The first kappa shape index (κ1) is 15.4. The smallest absolute Gasteiger partial charge is 0.316 e. The quantitative estimate of drug-likeness (QED) is 0.618. The van der Waals surface area contributed by atoms with Gasteiger partial charge in [-0.15, -0.1) is 12.4 Å². The van der Waals surface area contributed by atoms with Crippen molar-refractivity contribution in [2.24, 2.45) is 5.73 Å². The van der Waals surface area contributed by atoms with Crippen molar-refractivity contribution in [2.75, 3.05) is 0 Å². The molecule has 0 aromatic heterocycles. The summed E-state index contributed by atoms with van der Waals surface area (Å²) in [5.41, 5.74) is 3.41. The van der Waals surface area contributed by atoms with Gasteiger partial charge in [0.2, 0.25) is 0 Å². The van der Waals surface area contributed by atoms with Crippen molar-refractivity contribution in [3.05, 3.63) is 34.4 Å². The number of alkyl halides is 3. The highest BCUT2D eigenvalue weighted by Gasteiger charge is 2.41. The molecule has 0 aliphatic rings. The van der Waals surface area contributed by atoms with Crippen molar-refractivity contribution in [1.82, 2.24) is 0 Å². The van der Waals surface area contributed by atoms with E-state index in [4.69, 9.17) is 11.6 Å². The van der Waals surface area contributed by atoms with E-state index in [1.54, 1.807) is 0 Å². The lowest BCUT2D eigenvalue weighted by Gasteiger charge is -2.17. The van der Waals surface area contributed by atoms with Crippen molar-refractivity contribution in [2.45, 2.75) is 12.2 Å². The van der Waals surface area contributed by atoms with E-state index in [0.29, 0.717) is 6.07 Å². The fraction of sp³-hybridized carbons (Fsp3) is 0.250. The van der Waals surface area contributed by atoms with Gasteiger partial charge in [-0.2, -0.15) is 13.2 Å². The minimum Gasteiger partial charge on any atom is -0.316 e. The lowest BCUT2D eigenvalue weighted by Crippen LogP contribution is -2.30. The van der Waals surface area contributed by atoms with E-state index < -0.39 is 34.4 Å². The third-order valence-corrected chi connectivity index (χ3v) is 2.03. The summed E-state index contributed by atoms with van der Waals surface area (Å²) in [6.45, 7) is 0. The normalized spacial score (nSPS) is 13.2. The molecule has 0 bridgehead atoms. The topological polar surface area (TPSA) is 26.0 Å². The zero-order chi connectivity index (χ0) is 11.8. The van der Waals surface area contributed by atoms with Crippen LogP contribution in [0.1, 0.15) is 11.6 Å². The molecule has 0 aliphatic heterocycles. The summed E-state index contributed by atoms with van der Waals surface area (Å²) in [6, 6.07) is -1.28. The van der Waals surface area contributed by atoms with E-state index in [9.17, 15) is 22.0 Å². The van der Waals surface area contributed by atoms with Crippen LogP contribution < -0.4 is 5.73 Å². The summed E-state index contributed by atoms with van der Waals surface area (Å²) in [5, 5.41) is -0.605. The minimum atomic E-state index is -4.92. The molecule has 0 heterocycles. The van der Waals surface area contributed by atoms with Crippen LogP contribution in [0.3, 0.4) is 0 Å².